The predicted molar refractivity (Wildman–Crippen MR) is 75.7 cm³/mol. The molecule has 0 atom stereocenters. The Bertz CT molecular complexity index is 166. The molecule has 0 aromatic carbocycles. The van der Waals surface area contributed by atoms with Crippen LogP contribution in [0.1, 0.15) is 45.4 Å². The fourth-order valence-corrected chi connectivity index (χ4v) is 3.16. The molecule has 0 spiro atoms. The van der Waals surface area contributed by atoms with Crippen molar-refractivity contribution in [3.8, 4) is 0 Å². The molecule has 0 saturated carbocycles. The first-order valence-electron chi connectivity index (χ1n) is 6.28. The normalized spacial score (nSPS) is 9.41. The average molecular weight is 369 g/mol. The Morgan fingerprint density at radius 1 is 1.24 bits per heavy atom. The third kappa shape index (κ3) is 26.3. The van der Waals surface area contributed by atoms with E-state index in [0.717, 1.165) is 31.6 Å². The predicted octanol–water partition coefficient (Wildman–Crippen LogP) is 2.28. The van der Waals surface area contributed by atoms with E-state index in [2.05, 4.69) is 29.4 Å². The van der Waals surface area contributed by atoms with Crippen molar-refractivity contribution in [3.63, 3.8) is 0 Å². The molecular formula is C12H26O3SSn. The first-order valence-corrected chi connectivity index (χ1v) is 13.8. The van der Waals surface area contributed by atoms with Gasteiger partial charge in [0.2, 0.25) is 0 Å². The molecule has 0 unspecified atom stereocenters. The van der Waals surface area contributed by atoms with E-state index in [-0.39, 0.29) is 6.42 Å². The van der Waals surface area contributed by atoms with Crippen molar-refractivity contribution in [2.45, 2.75) is 55.3 Å². The molecule has 0 saturated heterocycles. The van der Waals surface area contributed by atoms with Crippen molar-refractivity contribution in [1.82, 2.24) is 0 Å². The van der Waals surface area contributed by atoms with Gasteiger partial charge < -0.3 is 9.90 Å². The molecule has 0 bridgehead atoms. The van der Waals surface area contributed by atoms with Crippen LogP contribution in [0.5, 0.6) is 0 Å². The molecule has 0 amide bonds. The first kappa shape index (κ1) is 19.9. The van der Waals surface area contributed by atoms with Gasteiger partial charge in [-0.25, -0.2) is 0 Å². The van der Waals surface area contributed by atoms with Gasteiger partial charge in [0.25, 0.3) is 0 Å². The summed E-state index contributed by atoms with van der Waals surface area (Å²) in [5, 5.41) is 9.92. The molecule has 0 aliphatic heterocycles. The number of carbonyl (C=O) groups is 1. The second-order valence-electron chi connectivity index (χ2n) is 4.02. The van der Waals surface area contributed by atoms with Crippen LogP contribution in [0.15, 0.2) is 0 Å². The molecule has 0 aliphatic carbocycles. The van der Waals surface area contributed by atoms with Gasteiger partial charge in [-0.2, -0.15) is 0 Å². The summed E-state index contributed by atoms with van der Waals surface area (Å²) in [6, 6.07) is 0. The maximum absolute atomic E-state index is 9.92. The van der Waals surface area contributed by atoms with Gasteiger partial charge in [0.05, 0.1) is 0 Å². The van der Waals surface area contributed by atoms with Crippen LogP contribution in [-0.2, 0) is 7.87 Å². The molecule has 0 rings (SSSR count). The van der Waals surface area contributed by atoms with Crippen molar-refractivity contribution >= 4 is 38.8 Å². The van der Waals surface area contributed by atoms with E-state index in [0.29, 0.717) is 0 Å². The summed E-state index contributed by atoms with van der Waals surface area (Å²) >= 11 is 2.81. The van der Waals surface area contributed by atoms with E-state index in [1.807, 2.05) is 0 Å². The van der Waals surface area contributed by atoms with Crippen LogP contribution < -0.4 is 5.11 Å². The van der Waals surface area contributed by atoms with Crippen molar-refractivity contribution in [1.29, 1.82) is 0 Å². The van der Waals surface area contributed by atoms with Gasteiger partial charge in [-0.3, -0.25) is 0 Å². The number of hydrogen-bond acceptors (Lipinski definition) is 4. The fourth-order valence-electron chi connectivity index (χ4n) is 1.12. The first-order chi connectivity index (χ1) is 8.04. The summed E-state index contributed by atoms with van der Waals surface area (Å²) in [6.07, 6.45) is 5.61. The average Bonchev–Trinajstić information content (AvgIpc) is 2.26. The van der Waals surface area contributed by atoms with E-state index in [4.69, 9.17) is 3.07 Å². The molecule has 0 fully saturated rings. The number of aliphatic carboxylic acids is 1. The third-order valence-corrected chi connectivity index (χ3v) is 4.38. The molecule has 0 aromatic rings. The number of unbranched alkanes of at least 4 members (excludes halogenated alkanes) is 4. The topological polar surface area (TPSA) is 49.4 Å². The Morgan fingerprint density at radius 3 is 2.18 bits per heavy atom. The van der Waals surface area contributed by atoms with Gasteiger partial charge in [0, 0.05) is 5.97 Å². The van der Waals surface area contributed by atoms with Gasteiger partial charge in [-0.1, -0.05) is 32.6 Å². The van der Waals surface area contributed by atoms with Gasteiger partial charge in [0.1, 0.15) is 0 Å². The van der Waals surface area contributed by atoms with E-state index in [1.165, 1.54) is 12.8 Å². The molecule has 0 aliphatic rings. The van der Waals surface area contributed by atoms with Crippen molar-refractivity contribution in [2.75, 3.05) is 12.4 Å². The van der Waals surface area contributed by atoms with Crippen LogP contribution in [0.25, 0.3) is 0 Å². The zero-order valence-electron chi connectivity index (χ0n) is 11.3. The molecular weight excluding hydrogens is 343 g/mol. The van der Waals surface area contributed by atoms with E-state index >= 15 is 0 Å². The summed E-state index contributed by atoms with van der Waals surface area (Å²) in [6.45, 7) is 2.99. The van der Waals surface area contributed by atoms with Gasteiger partial charge in [-0.15, -0.1) is 0 Å². The van der Waals surface area contributed by atoms with E-state index < -0.39 is 26.1 Å². The monoisotopic (exact) mass is 370 g/mol. The molecule has 17 heavy (non-hydrogen) atoms. The van der Waals surface area contributed by atoms with Crippen LogP contribution in [-0.4, -0.2) is 38.5 Å². The van der Waals surface area contributed by atoms with Crippen LogP contribution >= 0.6 is 12.6 Å². The number of carboxylic acid groups (broad SMARTS) is 1. The van der Waals surface area contributed by atoms with E-state index in [1.54, 1.807) is 0 Å². The second kappa shape index (κ2) is 16.6. The fraction of sp³-hybridized carbons (Fsp3) is 0.917. The standard InChI is InChI=1S/C8H16O2.C2H5OS.2CH3.Sn/c1-2-3-4-5-6-7-8(9)10;3-1-2-4;;;/h2-7H2,1H3,(H,9,10);4H,1-2H2;2*1H3;/q;-1;;;+2/p-1. The van der Waals surface area contributed by atoms with E-state index in [9.17, 15) is 9.90 Å². The van der Waals surface area contributed by atoms with Crippen LogP contribution in [0.2, 0.25) is 9.88 Å². The Morgan fingerprint density at radius 2 is 1.82 bits per heavy atom. The molecule has 0 heterocycles. The number of rotatable bonds is 9. The third-order valence-electron chi connectivity index (χ3n) is 1.97. The van der Waals surface area contributed by atoms with Gasteiger partial charge >= 0.3 is 58.1 Å². The molecule has 0 N–H and O–H groups in total. The molecule has 3 nitrogen and oxygen atoms in total. The number of carbonyl (C=O) groups excluding carboxylic acids is 1. The van der Waals surface area contributed by atoms with Crippen LogP contribution in [0.3, 0.4) is 0 Å². The SMILES string of the molecule is CCCCCCCC(=O)[O-].[CH3][Sn+]([CH3])[O]CCS. The number of carboxylic acids is 1. The van der Waals surface area contributed by atoms with Crippen LogP contribution in [0, 0.1) is 0 Å². The Kier molecular flexibility index (Phi) is 19.4. The zero-order valence-corrected chi connectivity index (χ0v) is 15.1. The number of hydrogen-bond donors (Lipinski definition) is 1. The molecule has 102 valence electrons. The van der Waals surface area contributed by atoms with Crippen molar-refractivity contribution in [3.05, 3.63) is 0 Å². The minimum atomic E-state index is -1.19. The maximum atomic E-state index is 9.92. The molecule has 5 heteroatoms. The second-order valence-corrected chi connectivity index (χ2v) is 10.5. The van der Waals surface area contributed by atoms with Crippen molar-refractivity contribution < 1.29 is 13.0 Å². The summed E-state index contributed by atoms with van der Waals surface area (Å²) in [5.41, 5.74) is 0. The Hall–Kier alpha value is 0.579. The number of thiol groups is 1. The quantitative estimate of drug-likeness (QED) is 0.386. The van der Waals surface area contributed by atoms with Crippen molar-refractivity contribution in [2.24, 2.45) is 0 Å². The summed E-state index contributed by atoms with van der Waals surface area (Å²) in [5.74, 6) is -0.0531. The van der Waals surface area contributed by atoms with Gasteiger partial charge in [-0.05, 0) is 12.8 Å². The Labute approximate surface area is 119 Å². The summed E-state index contributed by atoms with van der Waals surface area (Å²) < 4.78 is 5.31. The summed E-state index contributed by atoms with van der Waals surface area (Å²) in [4.78, 5) is 14.3. The van der Waals surface area contributed by atoms with Gasteiger partial charge in [0.15, 0.2) is 0 Å². The minimum absolute atomic E-state index is 0.226. The molecule has 0 radical (unpaired) electrons. The van der Waals surface area contributed by atoms with Crippen LogP contribution in [0.4, 0.5) is 0 Å². The zero-order chi connectivity index (χ0) is 13.5. The summed E-state index contributed by atoms with van der Waals surface area (Å²) in [7, 11) is 0. The molecule has 0 aromatic heterocycles. The Balaban J connectivity index is 0.